The summed E-state index contributed by atoms with van der Waals surface area (Å²) in [6.45, 7) is 2.94. The number of carbonyl (C=O) groups is 2. The van der Waals surface area contributed by atoms with Crippen LogP contribution in [0.4, 0.5) is 10.5 Å². The minimum atomic E-state index is -0.221. The molecule has 0 bridgehead atoms. The Balaban J connectivity index is 1.50. The van der Waals surface area contributed by atoms with E-state index >= 15 is 0 Å². The summed E-state index contributed by atoms with van der Waals surface area (Å²) >= 11 is 9.32. The molecule has 1 saturated heterocycles. The average Bonchev–Trinajstić information content (AvgIpc) is 2.71. The van der Waals surface area contributed by atoms with Gasteiger partial charge in [0.1, 0.15) is 5.75 Å². The lowest BCUT2D eigenvalue weighted by molar-refractivity contribution is -0.121. The number of phenolic OH excluding ortho intramolecular Hbond substituents is 1. The summed E-state index contributed by atoms with van der Waals surface area (Å²) < 4.78 is 0.992. The highest BCUT2D eigenvalue weighted by atomic mass is 79.9. The summed E-state index contributed by atoms with van der Waals surface area (Å²) in [6, 6.07) is 12.1. The molecule has 3 amide bonds. The van der Waals surface area contributed by atoms with Crippen LogP contribution >= 0.6 is 27.5 Å². The Morgan fingerprint density at radius 3 is 2.48 bits per heavy atom. The van der Waals surface area contributed by atoms with Gasteiger partial charge in [0.15, 0.2) is 0 Å². The molecule has 2 aromatic carbocycles. The van der Waals surface area contributed by atoms with E-state index in [0.29, 0.717) is 36.6 Å². The molecule has 154 valence electrons. The first-order chi connectivity index (χ1) is 13.8. The lowest BCUT2D eigenvalue weighted by Gasteiger charge is -2.32. The quantitative estimate of drug-likeness (QED) is 0.543. The number of hydrogen-bond donors (Lipinski definition) is 3. The first kappa shape index (κ1) is 21.5. The van der Waals surface area contributed by atoms with E-state index in [2.05, 4.69) is 26.6 Å². The molecular weight excluding hydrogens is 458 g/mol. The van der Waals surface area contributed by atoms with Gasteiger partial charge in [0, 0.05) is 28.5 Å². The lowest BCUT2D eigenvalue weighted by Crippen LogP contribution is -2.46. The zero-order valence-corrected chi connectivity index (χ0v) is 18.3. The predicted octanol–water partition coefficient (Wildman–Crippen LogP) is 4.93. The number of nitrogens with zero attached hydrogens (tertiary/aromatic N) is 1. The summed E-state index contributed by atoms with van der Waals surface area (Å²) in [5.41, 5.74) is 1.32. The van der Waals surface area contributed by atoms with Crippen LogP contribution in [-0.4, -0.2) is 35.0 Å². The number of rotatable bonds is 4. The minimum absolute atomic E-state index is 0.0264. The van der Waals surface area contributed by atoms with E-state index in [1.54, 1.807) is 11.0 Å². The topological polar surface area (TPSA) is 81.7 Å². The van der Waals surface area contributed by atoms with Crippen molar-refractivity contribution in [2.24, 2.45) is 5.92 Å². The van der Waals surface area contributed by atoms with E-state index in [0.717, 1.165) is 10.0 Å². The van der Waals surface area contributed by atoms with E-state index in [1.807, 2.05) is 31.2 Å². The number of carbonyl (C=O) groups excluding carboxylic acids is 2. The third kappa shape index (κ3) is 5.64. The Morgan fingerprint density at radius 1 is 1.17 bits per heavy atom. The molecule has 0 aromatic heterocycles. The summed E-state index contributed by atoms with van der Waals surface area (Å²) in [7, 11) is 0. The number of likely N-dealkylation sites (tertiary alicyclic amines) is 1. The van der Waals surface area contributed by atoms with E-state index in [9.17, 15) is 14.7 Å². The van der Waals surface area contributed by atoms with Crippen molar-refractivity contribution in [2.45, 2.75) is 25.8 Å². The third-order valence-corrected chi connectivity index (χ3v) is 5.84. The van der Waals surface area contributed by atoms with E-state index in [1.165, 1.54) is 12.1 Å². The number of urea groups is 1. The predicted molar refractivity (Wildman–Crippen MR) is 117 cm³/mol. The number of aromatic hydroxyl groups is 1. The zero-order chi connectivity index (χ0) is 21.0. The number of anilines is 1. The molecule has 3 rings (SSSR count). The van der Waals surface area contributed by atoms with Gasteiger partial charge in [-0.2, -0.15) is 0 Å². The second-order valence-electron chi connectivity index (χ2n) is 7.13. The monoisotopic (exact) mass is 479 g/mol. The molecular formula is C21H23BrClN3O3. The van der Waals surface area contributed by atoms with Crippen LogP contribution in [0.2, 0.25) is 5.02 Å². The van der Waals surface area contributed by atoms with Gasteiger partial charge in [-0.15, -0.1) is 0 Å². The fraction of sp³-hybridized carbons (Fsp3) is 0.333. The van der Waals surface area contributed by atoms with Gasteiger partial charge in [0.25, 0.3) is 0 Å². The van der Waals surface area contributed by atoms with Crippen LogP contribution in [0.15, 0.2) is 46.9 Å². The highest BCUT2D eigenvalue weighted by Gasteiger charge is 2.28. The Kier molecular flexibility index (Phi) is 7.03. The number of halogens is 2. The van der Waals surface area contributed by atoms with Gasteiger partial charge in [0.2, 0.25) is 5.91 Å². The number of phenols is 1. The summed E-state index contributed by atoms with van der Waals surface area (Å²) in [4.78, 5) is 26.8. The fourth-order valence-corrected chi connectivity index (χ4v) is 3.74. The average molecular weight is 481 g/mol. The molecule has 1 atom stereocenters. The van der Waals surface area contributed by atoms with Gasteiger partial charge in [-0.1, -0.05) is 39.7 Å². The highest BCUT2D eigenvalue weighted by molar-refractivity contribution is 9.10. The summed E-state index contributed by atoms with van der Waals surface area (Å²) in [6.07, 6.45) is 1.13. The van der Waals surface area contributed by atoms with Crippen molar-refractivity contribution in [1.29, 1.82) is 0 Å². The molecule has 1 unspecified atom stereocenters. The second kappa shape index (κ2) is 9.50. The molecule has 2 aromatic rings. The Morgan fingerprint density at radius 2 is 1.83 bits per heavy atom. The second-order valence-corrected chi connectivity index (χ2v) is 8.49. The maximum Gasteiger partial charge on any atom is 0.317 e. The van der Waals surface area contributed by atoms with Gasteiger partial charge in [-0.05, 0) is 55.7 Å². The smallest absolute Gasteiger partial charge is 0.317 e. The zero-order valence-electron chi connectivity index (χ0n) is 16.0. The fourth-order valence-electron chi connectivity index (χ4n) is 3.30. The SMILES string of the molecule is CC(NC(=O)N1CCC(C(=O)Nc2cc(Cl)ccc2O)CC1)c1ccc(Br)cc1. The number of amides is 3. The van der Waals surface area contributed by atoms with Crippen molar-refractivity contribution >= 4 is 45.2 Å². The van der Waals surface area contributed by atoms with Crippen LogP contribution in [0.5, 0.6) is 5.75 Å². The van der Waals surface area contributed by atoms with Crippen LogP contribution in [-0.2, 0) is 4.79 Å². The van der Waals surface area contributed by atoms with Gasteiger partial charge in [-0.25, -0.2) is 4.79 Å². The molecule has 0 aliphatic carbocycles. The first-order valence-electron chi connectivity index (χ1n) is 9.44. The molecule has 8 heteroatoms. The largest absolute Gasteiger partial charge is 0.506 e. The maximum absolute atomic E-state index is 12.6. The van der Waals surface area contributed by atoms with Crippen LogP contribution in [0.1, 0.15) is 31.4 Å². The van der Waals surface area contributed by atoms with Gasteiger partial charge in [-0.3, -0.25) is 4.79 Å². The van der Waals surface area contributed by atoms with Gasteiger partial charge < -0.3 is 20.6 Å². The van der Waals surface area contributed by atoms with Crippen LogP contribution < -0.4 is 10.6 Å². The molecule has 1 heterocycles. The Bertz CT molecular complexity index is 883. The van der Waals surface area contributed by atoms with Crippen molar-refractivity contribution in [3.8, 4) is 5.75 Å². The molecule has 1 fully saturated rings. The number of piperidine rings is 1. The Labute approximate surface area is 183 Å². The van der Waals surface area contributed by atoms with Gasteiger partial charge in [0.05, 0.1) is 11.7 Å². The molecule has 29 heavy (non-hydrogen) atoms. The number of nitrogens with one attached hydrogen (secondary N) is 2. The van der Waals surface area contributed by atoms with E-state index in [4.69, 9.17) is 11.6 Å². The number of benzene rings is 2. The van der Waals surface area contributed by atoms with Crippen LogP contribution in [0.3, 0.4) is 0 Å². The molecule has 1 aliphatic rings. The van der Waals surface area contributed by atoms with E-state index in [-0.39, 0.29) is 29.6 Å². The minimum Gasteiger partial charge on any atom is -0.506 e. The standard InChI is InChI=1S/C21H23BrClN3O3/c1-13(14-2-4-16(22)5-3-14)24-21(29)26-10-8-15(9-11-26)20(28)25-18-12-17(23)6-7-19(18)27/h2-7,12-13,15,27H,8-11H2,1H3,(H,24,29)(H,25,28). The molecule has 1 aliphatic heterocycles. The van der Waals surface area contributed by atoms with Crippen LogP contribution in [0.25, 0.3) is 0 Å². The molecule has 0 radical (unpaired) electrons. The van der Waals surface area contributed by atoms with Crippen molar-refractivity contribution < 1.29 is 14.7 Å². The van der Waals surface area contributed by atoms with Crippen molar-refractivity contribution in [1.82, 2.24) is 10.2 Å². The number of hydrogen-bond acceptors (Lipinski definition) is 3. The van der Waals surface area contributed by atoms with Crippen LogP contribution in [0, 0.1) is 5.92 Å². The third-order valence-electron chi connectivity index (χ3n) is 5.08. The summed E-state index contributed by atoms with van der Waals surface area (Å²) in [5, 5.41) is 16.0. The van der Waals surface area contributed by atoms with E-state index < -0.39 is 0 Å². The highest BCUT2D eigenvalue weighted by Crippen LogP contribution is 2.28. The lowest BCUT2D eigenvalue weighted by atomic mass is 9.96. The van der Waals surface area contributed by atoms with Gasteiger partial charge >= 0.3 is 6.03 Å². The van der Waals surface area contributed by atoms with Crippen molar-refractivity contribution in [3.63, 3.8) is 0 Å². The van der Waals surface area contributed by atoms with Crippen molar-refractivity contribution in [3.05, 3.63) is 57.5 Å². The maximum atomic E-state index is 12.6. The molecule has 0 spiro atoms. The molecule has 6 nitrogen and oxygen atoms in total. The Hall–Kier alpha value is -2.25. The molecule has 0 saturated carbocycles. The summed E-state index contributed by atoms with van der Waals surface area (Å²) in [5.74, 6) is -0.423. The van der Waals surface area contributed by atoms with Crippen molar-refractivity contribution in [2.75, 3.05) is 18.4 Å². The molecule has 3 N–H and O–H groups in total. The first-order valence-corrected chi connectivity index (χ1v) is 10.6. The normalized spacial score (nSPS) is 15.6.